The van der Waals surface area contributed by atoms with Crippen LogP contribution in [0.5, 0.6) is 0 Å². The van der Waals surface area contributed by atoms with Gasteiger partial charge in [0.2, 0.25) is 0 Å². The zero-order chi connectivity index (χ0) is 20.8. The molecule has 4 aliphatic carbocycles. The summed E-state index contributed by atoms with van der Waals surface area (Å²) in [4.78, 5) is 22.6. The molecule has 29 heavy (non-hydrogen) atoms. The maximum Gasteiger partial charge on any atom is 0.302 e. The lowest BCUT2D eigenvalue weighted by Gasteiger charge is -2.61. The van der Waals surface area contributed by atoms with Gasteiger partial charge in [-0.3, -0.25) is 9.59 Å². The molecule has 0 bridgehead atoms. The van der Waals surface area contributed by atoms with Crippen LogP contribution in [0.25, 0.3) is 0 Å². The molecule has 4 rings (SSSR count). The maximum atomic E-state index is 11.4. The molecule has 0 aliphatic heterocycles. The van der Waals surface area contributed by atoms with Gasteiger partial charge >= 0.3 is 5.97 Å². The Balaban J connectivity index is 1.54. The molecule has 0 aromatic rings. The maximum absolute atomic E-state index is 11.4. The van der Waals surface area contributed by atoms with Gasteiger partial charge in [-0.05, 0) is 92.3 Å². The number of allylic oxidation sites excluding steroid dienone is 2. The minimum atomic E-state index is -0.130. The van der Waals surface area contributed by atoms with Gasteiger partial charge in [0.15, 0.2) is 0 Å². The molecule has 4 saturated carbocycles. The minimum absolute atomic E-state index is 0.129. The number of carbonyl (C=O) groups excluding carboxylic acids is 2. The van der Waals surface area contributed by atoms with Gasteiger partial charge in [-0.25, -0.2) is 0 Å². The van der Waals surface area contributed by atoms with Crippen molar-refractivity contribution >= 4 is 12.3 Å². The van der Waals surface area contributed by atoms with Gasteiger partial charge in [-0.1, -0.05) is 13.8 Å². The lowest BCUT2D eigenvalue weighted by Crippen LogP contribution is -2.54. The average molecular weight is 403 g/mol. The van der Waals surface area contributed by atoms with Crippen molar-refractivity contribution in [1.29, 1.82) is 0 Å². The lowest BCUT2D eigenvalue weighted by atomic mass is 9.44. The van der Waals surface area contributed by atoms with Crippen molar-refractivity contribution in [2.45, 2.75) is 84.7 Å². The van der Waals surface area contributed by atoms with E-state index < -0.39 is 0 Å². The number of esters is 1. The summed E-state index contributed by atoms with van der Waals surface area (Å²) in [5.74, 6) is 4.15. The van der Waals surface area contributed by atoms with Crippen molar-refractivity contribution in [3.63, 3.8) is 0 Å². The Bertz CT molecular complexity index is 684. The van der Waals surface area contributed by atoms with Crippen molar-refractivity contribution in [2.75, 3.05) is 7.11 Å². The van der Waals surface area contributed by atoms with Crippen molar-refractivity contribution in [3.05, 3.63) is 11.8 Å². The topological polar surface area (TPSA) is 52.6 Å². The van der Waals surface area contributed by atoms with E-state index in [0.717, 1.165) is 49.1 Å². The number of rotatable bonds is 4. The van der Waals surface area contributed by atoms with E-state index in [1.807, 2.05) is 0 Å². The lowest BCUT2D eigenvalue weighted by molar-refractivity contribution is -0.160. The van der Waals surface area contributed by atoms with E-state index in [2.05, 4.69) is 13.8 Å². The summed E-state index contributed by atoms with van der Waals surface area (Å²) < 4.78 is 11.3. The quantitative estimate of drug-likeness (QED) is 0.277. The van der Waals surface area contributed by atoms with Crippen molar-refractivity contribution in [1.82, 2.24) is 0 Å². The molecule has 0 saturated heterocycles. The third-order valence-corrected chi connectivity index (χ3v) is 9.76. The van der Waals surface area contributed by atoms with Gasteiger partial charge in [0.25, 0.3) is 0 Å². The fraction of sp³-hybridized carbons (Fsp3) is 0.840. The Hall–Kier alpha value is -1.32. The first kappa shape index (κ1) is 20.9. The average Bonchev–Trinajstić information content (AvgIpc) is 3.03. The summed E-state index contributed by atoms with van der Waals surface area (Å²) >= 11 is 0. The predicted molar refractivity (Wildman–Crippen MR) is 112 cm³/mol. The molecule has 8 atom stereocenters. The monoisotopic (exact) mass is 402 g/mol. The molecular formula is C25H38O4. The molecule has 162 valence electrons. The van der Waals surface area contributed by atoms with E-state index in [9.17, 15) is 9.59 Å². The van der Waals surface area contributed by atoms with Crippen LogP contribution in [0.1, 0.15) is 78.6 Å². The van der Waals surface area contributed by atoms with Crippen LogP contribution < -0.4 is 0 Å². The molecule has 4 heteroatoms. The van der Waals surface area contributed by atoms with Gasteiger partial charge < -0.3 is 9.47 Å². The highest BCUT2D eigenvalue weighted by Gasteiger charge is 2.60. The molecule has 4 aliphatic rings. The van der Waals surface area contributed by atoms with Gasteiger partial charge in [0.1, 0.15) is 18.1 Å². The Morgan fingerprint density at radius 1 is 0.966 bits per heavy atom. The number of hydrogen-bond donors (Lipinski definition) is 0. The summed E-state index contributed by atoms with van der Waals surface area (Å²) in [6.45, 7) is 6.55. The second-order valence-electron chi connectivity index (χ2n) is 10.7. The van der Waals surface area contributed by atoms with Crippen LogP contribution >= 0.6 is 0 Å². The highest BCUT2D eigenvalue weighted by molar-refractivity contribution is 5.66. The van der Waals surface area contributed by atoms with Crippen LogP contribution in [0.3, 0.4) is 0 Å². The van der Waals surface area contributed by atoms with E-state index in [-0.39, 0.29) is 17.5 Å². The fourth-order valence-electron chi connectivity index (χ4n) is 8.42. The number of fused-ring (bicyclic) bond motifs is 5. The van der Waals surface area contributed by atoms with Crippen LogP contribution in [-0.2, 0) is 19.1 Å². The second kappa shape index (κ2) is 7.74. The summed E-state index contributed by atoms with van der Waals surface area (Å²) in [5, 5.41) is 0. The summed E-state index contributed by atoms with van der Waals surface area (Å²) in [7, 11) is 1.71. The molecule has 4 nitrogen and oxygen atoms in total. The molecule has 0 aromatic heterocycles. The SMILES string of the molecule is CO/C(=C\C=O)[C@H]1CC[C@H]2[C@@H]3CC[C@@H]4C[C@H](OC(C)=O)CC[C@]4(C)[C@H]3CC[C@]12C. The Morgan fingerprint density at radius 2 is 1.69 bits per heavy atom. The molecular weight excluding hydrogens is 364 g/mol. The second-order valence-corrected chi connectivity index (χ2v) is 10.7. The first-order valence-electron chi connectivity index (χ1n) is 11.7. The van der Waals surface area contributed by atoms with E-state index in [1.165, 1.54) is 45.4 Å². The Labute approximate surface area is 175 Å². The number of aldehydes is 1. The standard InChI is InChI=1S/C25H38O4/c1-16(27)29-18-9-12-24(2)17(15-18)5-6-19-20-7-8-22(23(28-4)11-14-26)25(20,3)13-10-21(19)24/h11,14,17-22H,5-10,12-13,15H2,1-4H3/b23-11-/t17-,18-,19+,20+,21+,22-,24+,25+/m1/s1. The molecule has 0 N–H and O–H groups in total. The largest absolute Gasteiger partial charge is 0.501 e. The van der Waals surface area contributed by atoms with Gasteiger partial charge in [-0.15, -0.1) is 0 Å². The van der Waals surface area contributed by atoms with Gasteiger partial charge in [0, 0.05) is 18.9 Å². The predicted octanol–water partition coefficient (Wildman–Crippen LogP) is 5.31. The molecule has 0 spiro atoms. The summed E-state index contributed by atoms with van der Waals surface area (Å²) in [6, 6.07) is 0. The van der Waals surface area contributed by atoms with E-state index in [4.69, 9.17) is 9.47 Å². The molecule has 0 aromatic carbocycles. The number of ether oxygens (including phenoxy) is 2. The summed E-state index contributed by atoms with van der Waals surface area (Å²) in [6.07, 6.45) is 13.5. The van der Waals surface area contributed by atoms with Gasteiger partial charge in [-0.2, -0.15) is 0 Å². The Morgan fingerprint density at radius 3 is 2.38 bits per heavy atom. The minimum Gasteiger partial charge on any atom is -0.501 e. The zero-order valence-corrected chi connectivity index (χ0v) is 18.6. The number of hydrogen-bond acceptors (Lipinski definition) is 4. The normalized spacial score (nSPS) is 46.8. The third kappa shape index (κ3) is 3.35. The van der Waals surface area contributed by atoms with Crippen LogP contribution in [0.15, 0.2) is 11.8 Å². The van der Waals surface area contributed by atoms with E-state index in [0.29, 0.717) is 17.3 Å². The van der Waals surface area contributed by atoms with E-state index >= 15 is 0 Å². The van der Waals surface area contributed by atoms with Crippen molar-refractivity contribution < 1.29 is 19.1 Å². The smallest absolute Gasteiger partial charge is 0.302 e. The molecule has 4 fully saturated rings. The number of carbonyl (C=O) groups is 2. The molecule has 0 radical (unpaired) electrons. The molecule has 0 heterocycles. The van der Waals surface area contributed by atoms with Gasteiger partial charge in [0.05, 0.1) is 7.11 Å². The first-order chi connectivity index (χ1) is 13.8. The molecule has 0 unspecified atom stereocenters. The van der Waals surface area contributed by atoms with Crippen molar-refractivity contribution in [3.8, 4) is 0 Å². The van der Waals surface area contributed by atoms with Crippen LogP contribution in [0.4, 0.5) is 0 Å². The Kier molecular flexibility index (Phi) is 5.59. The van der Waals surface area contributed by atoms with Crippen molar-refractivity contribution in [2.24, 2.45) is 40.4 Å². The highest BCUT2D eigenvalue weighted by Crippen LogP contribution is 2.68. The summed E-state index contributed by atoms with van der Waals surface area (Å²) in [5.41, 5.74) is 0.645. The molecule has 0 amide bonds. The van der Waals surface area contributed by atoms with E-state index in [1.54, 1.807) is 13.2 Å². The van der Waals surface area contributed by atoms with Crippen LogP contribution in [0.2, 0.25) is 0 Å². The van der Waals surface area contributed by atoms with Crippen LogP contribution in [0, 0.1) is 40.4 Å². The first-order valence-corrected chi connectivity index (χ1v) is 11.7. The zero-order valence-electron chi connectivity index (χ0n) is 18.6. The highest BCUT2D eigenvalue weighted by atomic mass is 16.5. The van der Waals surface area contributed by atoms with Crippen LogP contribution in [-0.4, -0.2) is 25.5 Å². The third-order valence-electron chi connectivity index (χ3n) is 9.76. The fourth-order valence-corrected chi connectivity index (χ4v) is 8.42. The number of methoxy groups -OCH3 is 1.